The summed E-state index contributed by atoms with van der Waals surface area (Å²) in [6.45, 7) is 4.65. The van der Waals surface area contributed by atoms with Crippen LogP contribution < -0.4 is 4.74 Å². The fourth-order valence-corrected chi connectivity index (χ4v) is 1.15. The summed E-state index contributed by atoms with van der Waals surface area (Å²) in [5.41, 5.74) is 0.514. The number of hydrogen-bond donors (Lipinski definition) is 0. The maximum Gasteiger partial charge on any atom is 0.180 e. The van der Waals surface area contributed by atoms with Crippen LogP contribution in [0.2, 0.25) is 0 Å². The number of Topliss-reactive ketones (excluding diaryl/α,β-unsaturated/α-hetero) is 1. The quantitative estimate of drug-likeness (QED) is 0.532. The van der Waals surface area contributed by atoms with Crippen molar-refractivity contribution in [1.29, 1.82) is 0 Å². The molecule has 1 aromatic rings. The Balaban J connectivity index is 2.52. The molecule has 0 bridgehead atoms. The van der Waals surface area contributed by atoms with Gasteiger partial charge in [0.1, 0.15) is 11.4 Å². The predicted octanol–water partition coefficient (Wildman–Crippen LogP) is 2.85. The fraction of sp³-hybridized carbons (Fsp3) is 0.500. The third kappa shape index (κ3) is 3.70. The van der Waals surface area contributed by atoms with Crippen LogP contribution in [0.25, 0.3) is 0 Å². The maximum atomic E-state index is 11.3. The molecule has 1 aromatic heterocycles. The van der Waals surface area contributed by atoms with Gasteiger partial charge < -0.3 is 4.74 Å². The number of nitrogens with zero attached hydrogens (tertiary/aromatic N) is 1. The number of pyridine rings is 1. The first kappa shape index (κ1) is 11.7. The molecular weight excluding hydrogens is 190 g/mol. The highest BCUT2D eigenvalue weighted by molar-refractivity contribution is 5.93. The van der Waals surface area contributed by atoms with Crippen molar-refractivity contribution in [2.45, 2.75) is 33.1 Å². The average molecular weight is 207 g/mol. The Morgan fingerprint density at radius 3 is 2.73 bits per heavy atom. The molecule has 0 aliphatic heterocycles. The van der Waals surface area contributed by atoms with Crippen LogP contribution in [-0.2, 0) is 0 Å². The molecule has 3 heteroatoms. The van der Waals surface area contributed by atoms with Crippen molar-refractivity contribution < 1.29 is 9.53 Å². The van der Waals surface area contributed by atoms with Gasteiger partial charge in [0.05, 0.1) is 12.8 Å². The molecule has 1 rings (SSSR count). The van der Waals surface area contributed by atoms with E-state index in [9.17, 15) is 4.79 Å². The van der Waals surface area contributed by atoms with E-state index in [4.69, 9.17) is 4.74 Å². The lowest BCUT2D eigenvalue weighted by molar-refractivity contribution is 0.0983. The third-order valence-corrected chi connectivity index (χ3v) is 2.11. The molecule has 1 heterocycles. The zero-order valence-corrected chi connectivity index (χ0v) is 9.32. The second-order valence-corrected chi connectivity index (χ2v) is 3.36. The summed E-state index contributed by atoms with van der Waals surface area (Å²) in [6.07, 6.45) is 4.25. The molecule has 0 aliphatic rings. The van der Waals surface area contributed by atoms with E-state index in [1.165, 1.54) is 0 Å². The minimum Gasteiger partial charge on any atom is -0.492 e. The van der Waals surface area contributed by atoms with Gasteiger partial charge in [0.2, 0.25) is 0 Å². The molecule has 15 heavy (non-hydrogen) atoms. The first-order valence-electron chi connectivity index (χ1n) is 5.40. The van der Waals surface area contributed by atoms with Crippen molar-refractivity contribution in [2.24, 2.45) is 0 Å². The molecule has 82 valence electrons. The number of unbranched alkanes of at least 4 members (excludes halogenated alkanes) is 1. The van der Waals surface area contributed by atoms with Crippen LogP contribution in [0, 0.1) is 0 Å². The maximum absolute atomic E-state index is 11.3. The molecule has 0 saturated heterocycles. The number of rotatable bonds is 6. The van der Waals surface area contributed by atoms with Gasteiger partial charge in [-0.05, 0) is 18.6 Å². The summed E-state index contributed by atoms with van der Waals surface area (Å²) in [6, 6.07) is 3.51. The molecule has 0 aromatic carbocycles. The molecule has 0 N–H and O–H groups in total. The van der Waals surface area contributed by atoms with Crippen molar-refractivity contribution in [3.05, 3.63) is 24.0 Å². The van der Waals surface area contributed by atoms with Crippen LogP contribution in [0.5, 0.6) is 5.75 Å². The Hall–Kier alpha value is -1.38. The second-order valence-electron chi connectivity index (χ2n) is 3.36. The lowest BCUT2D eigenvalue weighted by atomic mass is 10.2. The van der Waals surface area contributed by atoms with E-state index in [0.717, 1.165) is 18.6 Å². The van der Waals surface area contributed by atoms with Crippen LogP contribution in [0.4, 0.5) is 0 Å². The first-order valence-corrected chi connectivity index (χ1v) is 5.40. The van der Waals surface area contributed by atoms with E-state index < -0.39 is 0 Å². The van der Waals surface area contributed by atoms with Crippen molar-refractivity contribution in [3.8, 4) is 5.75 Å². The Morgan fingerprint density at radius 1 is 1.40 bits per heavy atom. The van der Waals surface area contributed by atoms with Gasteiger partial charge in [-0.1, -0.05) is 20.3 Å². The molecule has 0 atom stereocenters. The number of ether oxygens (including phenoxy) is 1. The molecule has 0 spiro atoms. The summed E-state index contributed by atoms with van der Waals surface area (Å²) in [4.78, 5) is 15.3. The van der Waals surface area contributed by atoms with Crippen molar-refractivity contribution >= 4 is 5.78 Å². The number of ketones is 1. The lowest BCUT2D eigenvalue weighted by Crippen LogP contribution is -2.01. The van der Waals surface area contributed by atoms with Gasteiger partial charge in [0.25, 0.3) is 0 Å². The molecule has 0 saturated carbocycles. The summed E-state index contributed by atoms with van der Waals surface area (Å²) in [7, 11) is 0. The number of hydrogen-bond acceptors (Lipinski definition) is 3. The van der Waals surface area contributed by atoms with Gasteiger partial charge in [-0.15, -0.1) is 0 Å². The largest absolute Gasteiger partial charge is 0.492 e. The molecule has 0 unspecified atom stereocenters. The van der Waals surface area contributed by atoms with Crippen molar-refractivity contribution in [1.82, 2.24) is 4.98 Å². The average Bonchev–Trinajstić information content (AvgIpc) is 2.29. The fourth-order valence-electron chi connectivity index (χ4n) is 1.15. The van der Waals surface area contributed by atoms with Crippen molar-refractivity contribution in [2.75, 3.05) is 6.61 Å². The molecule has 0 fully saturated rings. The zero-order valence-electron chi connectivity index (χ0n) is 9.32. The van der Waals surface area contributed by atoms with Gasteiger partial charge >= 0.3 is 0 Å². The molecule has 0 aliphatic carbocycles. The zero-order chi connectivity index (χ0) is 11.1. The van der Waals surface area contributed by atoms with Crippen LogP contribution in [0.15, 0.2) is 18.3 Å². The van der Waals surface area contributed by atoms with E-state index in [-0.39, 0.29) is 5.78 Å². The summed E-state index contributed by atoms with van der Waals surface area (Å²) < 4.78 is 5.44. The SMILES string of the molecule is CCCCOc1ccc(C(=O)CC)nc1. The molecular formula is C12H17NO2. The van der Waals surface area contributed by atoms with Gasteiger partial charge in [0.15, 0.2) is 5.78 Å². The Morgan fingerprint density at radius 2 is 2.20 bits per heavy atom. The number of aromatic nitrogens is 1. The number of carbonyl (C=O) groups is 1. The second kappa shape index (κ2) is 6.17. The highest BCUT2D eigenvalue weighted by Gasteiger charge is 2.04. The van der Waals surface area contributed by atoms with E-state index in [1.54, 1.807) is 18.3 Å². The van der Waals surface area contributed by atoms with E-state index >= 15 is 0 Å². The molecule has 0 amide bonds. The first-order chi connectivity index (χ1) is 7.27. The number of carbonyl (C=O) groups excluding carboxylic acids is 1. The Labute approximate surface area is 90.5 Å². The summed E-state index contributed by atoms with van der Waals surface area (Å²) >= 11 is 0. The van der Waals surface area contributed by atoms with Crippen molar-refractivity contribution in [3.63, 3.8) is 0 Å². The minimum absolute atomic E-state index is 0.0649. The van der Waals surface area contributed by atoms with E-state index in [0.29, 0.717) is 18.7 Å². The van der Waals surface area contributed by atoms with Gasteiger partial charge in [-0.25, -0.2) is 4.98 Å². The molecule has 0 radical (unpaired) electrons. The van der Waals surface area contributed by atoms with Crippen LogP contribution in [-0.4, -0.2) is 17.4 Å². The van der Waals surface area contributed by atoms with Gasteiger partial charge in [-0.2, -0.15) is 0 Å². The van der Waals surface area contributed by atoms with Gasteiger partial charge in [0, 0.05) is 6.42 Å². The predicted molar refractivity (Wildman–Crippen MR) is 59.3 cm³/mol. The monoisotopic (exact) mass is 207 g/mol. The minimum atomic E-state index is 0.0649. The van der Waals surface area contributed by atoms with E-state index in [2.05, 4.69) is 11.9 Å². The lowest BCUT2D eigenvalue weighted by Gasteiger charge is -2.04. The Bertz CT molecular complexity index is 306. The smallest absolute Gasteiger partial charge is 0.180 e. The standard InChI is InChI=1S/C12H17NO2/c1-3-5-8-15-10-6-7-11(13-9-10)12(14)4-2/h6-7,9H,3-5,8H2,1-2H3. The van der Waals surface area contributed by atoms with Crippen LogP contribution >= 0.6 is 0 Å². The van der Waals surface area contributed by atoms with Crippen LogP contribution in [0.1, 0.15) is 43.6 Å². The normalized spacial score (nSPS) is 10.0. The Kier molecular flexibility index (Phi) is 4.81. The molecule has 3 nitrogen and oxygen atoms in total. The highest BCUT2D eigenvalue weighted by Crippen LogP contribution is 2.10. The summed E-state index contributed by atoms with van der Waals surface area (Å²) in [5.74, 6) is 0.797. The van der Waals surface area contributed by atoms with Crippen LogP contribution in [0.3, 0.4) is 0 Å². The van der Waals surface area contributed by atoms with E-state index in [1.807, 2.05) is 6.92 Å². The summed E-state index contributed by atoms with van der Waals surface area (Å²) in [5, 5.41) is 0. The van der Waals surface area contributed by atoms with Gasteiger partial charge in [-0.3, -0.25) is 4.79 Å². The third-order valence-electron chi connectivity index (χ3n) is 2.11. The highest BCUT2D eigenvalue weighted by atomic mass is 16.5. The topological polar surface area (TPSA) is 39.2 Å².